The fourth-order valence-electron chi connectivity index (χ4n) is 6.79. The van der Waals surface area contributed by atoms with E-state index in [0.29, 0.717) is 27.3 Å². The highest BCUT2D eigenvalue weighted by Gasteiger charge is 2.20. The summed E-state index contributed by atoms with van der Waals surface area (Å²) in [6, 6.07) is 20.2. The van der Waals surface area contributed by atoms with Gasteiger partial charge in [-0.1, -0.05) is 145 Å². The van der Waals surface area contributed by atoms with Crippen molar-refractivity contribution in [3.63, 3.8) is 0 Å². The number of rotatable bonds is 3. The second-order valence-electron chi connectivity index (χ2n) is 11.3. The van der Waals surface area contributed by atoms with Gasteiger partial charge in [0.2, 0.25) is 0 Å². The Morgan fingerprint density at radius 1 is 0.362 bits per heavy atom. The van der Waals surface area contributed by atoms with Crippen molar-refractivity contribution in [2.45, 2.75) is 0 Å². The second-order valence-corrected chi connectivity index (χ2v) is 11.3. The fourth-order valence-corrected chi connectivity index (χ4v) is 6.79. The van der Waals surface area contributed by atoms with E-state index in [1.165, 1.54) is 0 Å². The van der Waals surface area contributed by atoms with Crippen LogP contribution in [-0.2, 0) is 0 Å². The molecule has 0 saturated carbocycles. The molecule has 0 atom stereocenters. The fraction of sp³-hybridized carbons (Fsp3) is 0. The van der Waals surface area contributed by atoms with E-state index in [9.17, 15) is 4.11 Å². The van der Waals surface area contributed by atoms with Gasteiger partial charge in [-0.2, -0.15) is 0 Å². The number of hydrogen-bond acceptors (Lipinski definition) is 1. The average molecular weight is 611 g/mol. The minimum absolute atomic E-state index is 0.0718. The van der Waals surface area contributed by atoms with Crippen molar-refractivity contribution >= 4 is 65.0 Å². The minimum Gasteiger partial charge on any atom is -0.456 e. The van der Waals surface area contributed by atoms with Gasteiger partial charge in [0.15, 0.2) is 0 Å². The van der Waals surface area contributed by atoms with Crippen molar-refractivity contribution in [2.24, 2.45) is 0 Å². The molecule has 0 unspecified atom stereocenters. The zero-order valence-electron chi connectivity index (χ0n) is 38.5. The lowest BCUT2D eigenvalue weighted by molar-refractivity contribution is 0.669. The van der Waals surface area contributed by atoms with Crippen molar-refractivity contribution in [3.8, 4) is 33.4 Å². The Labute approximate surface area is 291 Å². The van der Waals surface area contributed by atoms with Crippen LogP contribution in [0, 0.1) is 0 Å². The number of hydrogen-bond donors (Lipinski definition) is 0. The second kappa shape index (κ2) is 10.2. The van der Waals surface area contributed by atoms with Gasteiger partial charge in [-0.3, -0.25) is 0 Å². The molecular weight excluding hydrogens is 569 g/mol. The number of benzene rings is 9. The Hall–Kier alpha value is -6.18. The van der Waals surface area contributed by atoms with Crippen LogP contribution in [-0.4, -0.2) is 0 Å². The average Bonchev–Trinajstić information content (AvgIpc) is 3.69. The monoisotopic (exact) mass is 610 g/mol. The first-order valence-corrected chi connectivity index (χ1v) is 15.1. The van der Waals surface area contributed by atoms with Gasteiger partial charge in [0.1, 0.15) is 11.2 Å². The van der Waals surface area contributed by atoms with Gasteiger partial charge in [0.25, 0.3) is 0 Å². The quantitative estimate of drug-likeness (QED) is 0.181. The highest BCUT2D eigenvalue weighted by molar-refractivity contribution is 6.24. The van der Waals surface area contributed by atoms with E-state index in [-0.39, 0.29) is 74.0 Å². The van der Waals surface area contributed by atoms with Gasteiger partial charge in [-0.05, 0) is 101 Å². The molecule has 0 bridgehead atoms. The van der Waals surface area contributed by atoms with Gasteiger partial charge in [-0.15, -0.1) is 0 Å². The molecule has 1 heterocycles. The Morgan fingerprint density at radius 3 is 1.57 bits per heavy atom. The summed E-state index contributed by atoms with van der Waals surface area (Å²) >= 11 is 0. The molecule has 0 radical (unpaired) electrons. The van der Waals surface area contributed by atoms with Crippen molar-refractivity contribution in [3.05, 3.63) is 170 Å². The van der Waals surface area contributed by atoms with E-state index in [1.807, 2.05) is 78.9 Å². The van der Waals surface area contributed by atoms with Gasteiger partial charge in [0, 0.05) is 10.8 Å². The SMILES string of the molecule is [2H]c1c([2H])c([2H])c(-c2ccc(-c3c4ccccc4c(-c4c([2H])c([2H])c5c(oc6c([2H])c7c([2H])c([2H])c([2H])c([2H])c7c([2H])c65)c4[2H])c4ccccc34)c3ccccc23)c([2H])c1[2H]. The molecule has 0 spiro atoms. The van der Waals surface area contributed by atoms with Crippen LogP contribution in [0.5, 0.6) is 0 Å². The van der Waals surface area contributed by atoms with Crippen LogP contribution >= 0.6 is 0 Å². The van der Waals surface area contributed by atoms with Crippen molar-refractivity contribution in [2.75, 3.05) is 0 Å². The predicted molar refractivity (Wildman–Crippen MR) is 200 cm³/mol. The molecular formula is C46H28O. The summed E-state index contributed by atoms with van der Waals surface area (Å²) in [5.74, 6) is 0. The summed E-state index contributed by atoms with van der Waals surface area (Å²) in [4.78, 5) is 0. The van der Waals surface area contributed by atoms with E-state index in [1.54, 1.807) is 6.07 Å². The molecule has 0 aliphatic rings. The molecule has 0 aliphatic carbocycles. The van der Waals surface area contributed by atoms with E-state index in [0.717, 1.165) is 27.3 Å². The lowest BCUT2D eigenvalue weighted by Gasteiger charge is -2.19. The molecule has 10 rings (SSSR count). The highest BCUT2D eigenvalue weighted by Crippen LogP contribution is 2.47. The van der Waals surface area contributed by atoms with E-state index < -0.39 is 54.4 Å². The van der Waals surface area contributed by atoms with Crippen LogP contribution in [0.1, 0.15) is 19.2 Å². The van der Waals surface area contributed by atoms with Crippen molar-refractivity contribution in [1.29, 1.82) is 0 Å². The van der Waals surface area contributed by atoms with Crippen LogP contribution < -0.4 is 0 Å². The molecule has 0 fully saturated rings. The molecule has 1 nitrogen and oxygen atoms in total. The van der Waals surface area contributed by atoms with E-state index in [4.69, 9.17) is 19.5 Å². The maximum absolute atomic E-state index is 9.66. The maximum atomic E-state index is 9.66. The molecule has 9 aromatic carbocycles. The summed E-state index contributed by atoms with van der Waals surface area (Å²) in [6.45, 7) is 0. The predicted octanol–water partition coefficient (Wildman–Crippen LogP) is 13.2. The van der Waals surface area contributed by atoms with Crippen molar-refractivity contribution in [1.82, 2.24) is 0 Å². The summed E-state index contributed by atoms with van der Waals surface area (Å²) in [6.07, 6.45) is 0. The lowest BCUT2D eigenvalue weighted by Crippen LogP contribution is -1.92. The lowest BCUT2D eigenvalue weighted by atomic mass is 9.83. The zero-order valence-corrected chi connectivity index (χ0v) is 24.5. The molecule has 0 amide bonds. The molecule has 1 heteroatoms. The number of furan rings is 1. The van der Waals surface area contributed by atoms with Gasteiger partial charge in [0.05, 0.1) is 19.2 Å². The summed E-state index contributed by atoms with van der Waals surface area (Å²) in [7, 11) is 0. The maximum Gasteiger partial charge on any atom is 0.136 e. The Bertz CT molecular complexity index is 3560. The molecule has 218 valence electrons. The molecule has 10 aromatic rings. The third kappa shape index (κ3) is 3.97. The normalized spacial score (nSPS) is 16.0. The molecule has 47 heavy (non-hydrogen) atoms. The minimum atomic E-state index is -0.575. The first-order chi connectivity index (χ1) is 29.2. The first kappa shape index (κ1) is 15.9. The van der Waals surface area contributed by atoms with Crippen LogP contribution in [0.25, 0.3) is 98.4 Å². The van der Waals surface area contributed by atoms with Crippen LogP contribution in [0.3, 0.4) is 0 Å². The third-order valence-corrected chi connectivity index (χ3v) is 8.78. The summed E-state index contributed by atoms with van der Waals surface area (Å²) < 4.78 is 129. The smallest absolute Gasteiger partial charge is 0.136 e. The van der Waals surface area contributed by atoms with Crippen LogP contribution in [0.4, 0.5) is 0 Å². The molecule has 1 aromatic heterocycles. The van der Waals surface area contributed by atoms with Crippen molar-refractivity contribution < 1.29 is 23.6 Å². The first-order valence-electron chi connectivity index (χ1n) is 22.1. The molecule has 0 saturated heterocycles. The molecule has 0 N–H and O–H groups in total. The zero-order chi connectivity index (χ0) is 43.1. The summed E-state index contributed by atoms with van der Waals surface area (Å²) in [5, 5.41) is 3.59. The van der Waals surface area contributed by atoms with E-state index >= 15 is 0 Å². The highest BCUT2D eigenvalue weighted by atomic mass is 16.3. The largest absolute Gasteiger partial charge is 0.456 e. The Balaban J connectivity index is 1.30. The Morgan fingerprint density at radius 2 is 0.894 bits per heavy atom. The van der Waals surface area contributed by atoms with Gasteiger partial charge >= 0.3 is 0 Å². The van der Waals surface area contributed by atoms with Crippen LogP contribution in [0.2, 0.25) is 0 Å². The summed E-state index contributed by atoms with van der Waals surface area (Å²) in [5.41, 5.74) is 2.31. The van der Waals surface area contributed by atoms with Gasteiger partial charge in [-0.25, -0.2) is 0 Å². The Kier molecular flexibility index (Phi) is 3.44. The van der Waals surface area contributed by atoms with Gasteiger partial charge < -0.3 is 4.42 Å². The topological polar surface area (TPSA) is 13.1 Å². The van der Waals surface area contributed by atoms with E-state index in [2.05, 4.69) is 0 Å². The standard InChI is InChI=1S/C46H28O/c1-2-12-29(13-3-1)33-24-25-41(35-17-7-6-16-34(33)35)46-39-20-10-8-18-37(39)45(38-19-9-11-21-40(38)46)32-22-23-36-42-26-30-14-4-5-15-31(30)27-44(42)47-43(36)28-32/h1-28H/i1D,2D,3D,4D,5D,12D,13D,14D,15D,22D,23D,26D,27D,28D. The number of fused-ring (bicyclic) bond motifs is 7. The van der Waals surface area contributed by atoms with Crippen LogP contribution in [0.15, 0.2) is 174 Å². The molecule has 0 aliphatic heterocycles. The third-order valence-electron chi connectivity index (χ3n) is 8.78.